The average Bonchev–Trinajstić information content (AvgIpc) is 3.09. The van der Waals surface area contributed by atoms with Gasteiger partial charge in [0.05, 0.1) is 16.2 Å². The number of carbonyl (C=O) groups is 1. The lowest BCUT2D eigenvalue weighted by molar-refractivity contribution is -0.384. The summed E-state index contributed by atoms with van der Waals surface area (Å²) in [6, 6.07) is 4.45. The SMILES string of the molecule is CCc1nnc(NC(=O)c2cc([N+](=O)[O-])ccc2N2CCC(C)CC2)s1. The third-order valence-corrected chi connectivity index (χ3v) is 5.53. The van der Waals surface area contributed by atoms with Crippen LogP contribution in [0.25, 0.3) is 0 Å². The molecule has 0 unspecified atom stereocenters. The van der Waals surface area contributed by atoms with Crippen molar-refractivity contribution in [1.29, 1.82) is 0 Å². The Morgan fingerprint density at radius 2 is 2.12 bits per heavy atom. The van der Waals surface area contributed by atoms with Crippen LogP contribution in [-0.4, -0.2) is 34.1 Å². The largest absolute Gasteiger partial charge is 0.371 e. The van der Waals surface area contributed by atoms with Gasteiger partial charge in [-0.1, -0.05) is 25.2 Å². The summed E-state index contributed by atoms with van der Waals surface area (Å²) in [6.07, 6.45) is 2.81. The molecule has 1 aliphatic rings. The van der Waals surface area contributed by atoms with Crippen LogP contribution in [0.2, 0.25) is 0 Å². The maximum absolute atomic E-state index is 12.8. The molecule has 0 aliphatic carbocycles. The molecule has 9 heteroatoms. The zero-order valence-corrected chi connectivity index (χ0v) is 15.6. The number of aromatic nitrogens is 2. The van der Waals surface area contributed by atoms with Crippen LogP contribution in [0.5, 0.6) is 0 Å². The van der Waals surface area contributed by atoms with E-state index in [1.807, 2.05) is 6.92 Å². The van der Waals surface area contributed by atoms with E-state index in [0.29, 0.717) is 16.6 Å². The van der Waals surface area contributed by atoms with Crippen LogP contribution in [0.3, 0.4) is 0 Å². The van der Waals surface area contributed by atoms with Gasteiger partial charge >= 0.3 is 0 Å². The van der Waals surface area contributed by atoms with E-state index in [4.69, 9.17) is 0 Å². The Kier molecular flexibility index (Phi) is 5.46. The maximum Gasteiger partial charge on any atom is 0.270 e. The first-order valence-electron chi connectivity index (χ1n) is 8.65. The summed E-state index contributed by atoms with van der Waals surface area (Å²) in [5.74, 6) is 0.247. The first-order chi connectivity index (χ1) is 12.5. The summed E-state index contributed by atoms with van der Waals surface area (Å²) in [6.45, 7) is 5.83. The number of nitrogens with zero attached hydrogens (tertiary/aromatic N) is 4. The molecule has 1 aliphatic heterocycles. The number of nitrogens with one attached hydrogen (secondary N) is 1. The molecule has 0 spiro atoms. The molecule has 2 heterocycles. The zero-order valence-electron chi connectivity index (χ0n) is 14.8. The standard InChI is InChI=1S/C17H21N5O3S/c1-3-15-19-20-17(26-15)18-16(23)13-10-12(22(24)25)4-5-14(13)21-8-6-11(2)7-9-21/h4-5,10-11H,3,6-9H2,1-2H3,(H,18,20,23). The smallest absolute Gasteiger partial charge is 0.270 e. The quantitative estimate of drug-likeness (QED) is 0.634. The zero-order chi connectivity index (χ0) is 18.7. The molecule has 3 rings (SSSR count). The molecule has 1 aromatic carbocycles. The number of nitro groups is 1. The van der Waals surface area contributed by atoms with Crippen molar-refractivity contribution in [3.63, 3.8) is 0 Å². The number of anilines is 2. The lowest BCUT2D eigenvalue weighted by atomic mass is 9.98. The van der Waals surface area contributed by atoms with Gasteiger partial charge < -0.3 is 4.90 Å². The van der Waals surface area contributed by atoms with Crippen molar-refractivity contribution in [2.24, 2.45) is 5.92 Å². The summed E-state index contributed by atoms with van der Waals surface area (Å²) in [5.41, 5.74) is 0.915. The van der Waals surface area contributed by atoms with E-state index < -0.39 is 10.8 Å². The highest BCUT2D eigenvalue weighted by Gasteiger charge is 2.24. The molecule has 0 radical (unpaired) electrons. The molecule has 26 heavy (non-hydrogen) atoms. The fraction of sp³-hybridized carbons (Fsp3) is 0.471. The van der Waals surface area contributed by atoms with Gasteiger partial charge in [-0.05, 0) is 31.2 Å². The molecular weight excluding hydrogens is 354 g/mol. The van der Waals surface area contributed by atoms with Crippen molar-refractivity contribution in [2.75, 3.05) is 23.3 Å². The van der Waals surface area contributed by atoms with Crippen LogP contribution < -0.4 is 10.2 Å². The van der Waals surface area contributed by atoms with Crippen LogP contribution in [-0.2, 0) is 6.42 Å². The van der Waals surface area contributed by atoms with E-state index in [1.54, 1.807) is 6.07 Å². The molecule has 2 aromatic rings. The van der Waals surface area contributed by atoms with Crippen molar-refractivity contribution in [1.82, 2.24) is 10.2 Å². The minimum Gasteiger partial charge on any atom is -0.371 e. The van der Waals surface area contributed by atoms with E-state index in [9.17, 15) is 14.9 Å². The molecule has 8 nitrogen and oxygen atoms in total. The predicted molar refractivity (Wildman–Crippen MR) is 101 cm³/mol. The molecular formula is C17H21N5O3S. The number of hydrogen-bond donors (Lipinski definition) is 1. The van der Waals surface area contributed by atoms with E-state index in [2.05, 4.69) is 27.3 Å². The van der Waals surface area contributed by atoms with Gasteiger partial charge in [0.25, 0.3) is 11.6 Å². The van der Waals surface area contributed by atoms with Crippen molar-refractivity contribution in [3.05, 3.63) is 38.9 Å². The fourth-order valence-electron chi connectivity index (χ4n) is 2.96. The van der Waals surface area contributed by atoms with Gasteiger partial charge in [-0.3, -0.25) is 20.2 Å². The molecule has 1 fully saturated rings. The molecule has 138 valence electrons. The minimum absolute atomic E-state index is 0.101. The second-order valence-electron chi connectivity index (χ2n) is 6.44. The van der Waals surface area contributed by atoms with Crippen molar-refractivity contribution in [3.8, 4) is 0 Å². The van der Waals surface area contributed by atoms with Crippen LogP contribution in [0.4, 0.5) is 16.5 Å². The number of carbonyl (C=O) groups excluding carboxylic acids is 1. The van der Waals surface area contributed by atoms with E-state index >= 15 is 0 Å². The third kappa shape index (κ3) is 3.98. The van der Waals surface area contributed by atoms with Crippen LogP contribution in [0, 0.1) is 16.0 Å². The highest BCUT2D eigenvalue weighted by Crippen LogP contribution is 2.30. The Bertz CT molecular complexity index is 814. The molecule has 1 aromatic heterocycles. The first kappa shape index (κ1) is 18.2. The number of rotatable bonds is 5. The van der Waals surface area contributed by atoms with E-state index in [1.165, 1.54) is 23.5 Å². The first-order valence-corrected chi connectivity index (χ1v) is 9.46. The van der Waals surface area contributed by atoms with Gasteiger partial charge in [0.1, 0.15) is 5.01 Å². The van der Waals surface area contributed by atoms with Crippen molar-refractivity contribution in [2.45, 2.75) is 33.1 Å². The Morgan fingerprint density at radius 3 is 2.73 bits per heavy atom. The fourth-order valence-corrected chi connectivity index (χ4v) is 3.63. The third-order valence-electron chi connectivity index (χ3n) is 4.55. The molecule has 0 bridgehead atoms. The number of piperidine rings is 1. The second-order valence-corrected chi connectivity index (χ2v) is 7.50. The van der Waals surface area contributed by atoms with E-state index in [0.717, 1.165) is 43.0 Å². The lowest BCUT2D eigenvalue weighted by Gasteiger charge is -2.33. The average molecular weight is 375 g/mol. The number of nitro benzene ring substituents is 1. The summed E-state index contributed by atoms with van der Waals surface area (Å²) in [5, 5.41) is 23.0. The topological polar surface area (TPSA) is 101 Å². The summed E-state index contributed by atoms with van der Waals surface area (Å²) in [7, 11) is 0. The Hall–Kier alpha value is -2.55. The van der Waals surface area contributed by atoms with Gasteiger partial charge in [0.15, 0.2) is 0 Å². The van der Waals surface area contributed by atoms with Gasteiger partial charge in [0, 0.05) is 25.2 Å². The normalized spacial score (nSPS) is 15.1. The lowest BCUT2D eigenvalue weighted by Crippen LogP contribution is -2.34. The summed E-state index contributed by atoms with van der Waals surface area (Å²) in [4.78, 5) is 25.6. The Balaban J connectivity index is 1.89. The Labute approximate surface area is 155 Å². The van der Waals surface area contributed by atoms with Crippen LogP contribution >= 0.6 is 11.3 Å². The molecule has 1 amide bonds. The van der Waals surface area contributed by atoms with Crippen LogP contribution in [0.15, 0.2) is 18.2 Å². The summed E-state index contributed by atoms with van der Waals surface area (Å²) < 4.78 is 0. The molecule has 0 saturated carbocycles. The number of amides is 1. The van der Waals surface area contributed by atoms with Gasteiger partial charge in [-0.2, -0.15) is 0 Å². The number of aryl methyl sites for hydroxylation is 1. The minimum atomic E-state index is -0.487. The molecule has 1 saturated heterocycles. The van der Waals surface area contributed by atoms with Gasteiger partial charge in [-0.25, -0.2) is 0 Å². The second kappa shape index (κ2) is 7.77. The van der Waals surface area contributed by atoms with Gasteiger partial charge in [-0.15, -0.1) is 10.2 Å². The number of hydrogen-bond acceptors (Lipinski definition) is 7. The van der Waals surface area contributed by atoms with Crippen molar-refractivity contribution >= 4 is 33.8 Å². The Morgan fingerprint density at radius 1 is 1.38 bits per heavy atom. The molecule has 1 N–H and O–H groups in total. The highest BCUT2D eigenvalue weighted by molar-refractivity contribution is 7.15. The monoisotopic (exact) mass is 375 g/mol. The molecule has 0 atom stereocenters. The highest BCUT2D eigenvalue weighted by atomic mass is 32.1. The predicted octanol–water partition coefficient (Wildman–Crippen LogP) is 3.50. The van der Waals surface area contributed by atoms with Gasteiger partial charge in [0.2, 0.25) is 5.13 Å². The number of benzene rings is 1. The maximum atomic E-state index is 12.8. The summed E-state index contributed by atoms with van der Waals surface area (Å²) >= 11 is 1.31. The van der Waals surface area contributed by atoms with Crippen LogP contribution in [0.1, 0.15) is 42.1 Å². The van der Waals surface area contributed by atoms with E-state index in [-0.39, 0.29) is 5.69 Å². The number of non-ortho nitro benzene ring substituents is 1. The van der Waals surface area contributed by atoms with Crippen molar-refractivity contribution < 1.29 is 9.72 Å².